The van der Waals surface area contributed by atoms with Gasteiger partial charge in [-0.3, -0.25) is 14.5 Å². The Labute approximate surface area is 108 Å². The average molecular weight is 251 g/mol. The van der Waals surface area contributed by atoms with E-state index in [2.05, 4.69) is 4.90 Å². The van der Waals surface area contributed by atoms with Gasteiger partial charge < -0.3 is 4.74 Å². The lowest BCUT2D eigenvalue weighted by molar-refractivity contribution is -0.147. The topological polar surface area (TPSA) is 46.6 Å². The quantitative estimate of drug-likeness (QED) is 0.661. The highest BCUT2D eigenvalue weighted by molar-refractivity contribution is 5.83. The van der Waals surface area contributed by atoms with Gasteiger partial charge in [0.15, 0.2) is 0 Å². The van der Waals surface area contributed by atoms with E-state index in [1.807, 2.05) is 0 Å². The number of Topliss-reactive ketones (excluding diaryl/α,β-unsaturated/α-hetero) is 1. The van der Waals surface area contributed by atoms with E-state index in [9.17, 15) is 9.59 Å². The molecule has 0 unspecified atom stereocenters. The van der Waals surface area contributed by atoms with Gasteiger partial charge in [0.25, 0.3) is 0 Å². The van der Waals surface area contributed by atoms with E-state index in [4.69, 9.17) is 4.74 Å². The number of nitrogens with zero attached hydrogens (tertiary/aromatic N) is 1. The van der Waals surface area contributed by atoms with Gasteiger partial charge in [-0.2, -0.15) is 0 Å². The van der Waals surface area contributed by atoms with Crippen molar-refractivity contribution in [2.75, 3.05) is 13.7 Å². The Hall–Kier alpha value is -0.900. The number of hydrogen-bond donors (Lipinski definition) is 0. The molecule has 0 spiro atoms. The fraction of sp³-hybridized carbons (Fsp3) is 0.857. The maximum absolute atomic E-state index is 12.1. The molecule has 2 aliphatic heterocycles. The van der Waals surface area contributed by atoms with Crippen molar-refractivity contribution in [2.45, 2.75) is 50.6 Å². The van der Waals surface area contributed by atoms with Gasteiger partial charge >= 0.3 is 5.97 Å². The van der Waals surface area contributed by atoms with E-state index >= 15 is 0 Å². The van der Waals surface area contributed by atoms with Gasteiger partial charge in [0.05, 0.1) is 7.11 Å². The van der Waals surface area contributed by atoms with Crippen LogP contribution in [0.5, 0.6) is 0 Å². The molecule has 3 rings (SSSR count). The number of carbonyl (C=O) groups excluding carboxylic acids is 2. The summed E-state index contributed by atoms with van der Waals surface area (Å²) in [6, 6.07) is 0.217. The molecule has 1 aliphatic carbocycles. The lowest BCUT2D eigenvalue weighted by atomic mass is 9.75. The predicted molar refractivity (Wildman–Crippen MR) is 66.0 cm³/mol. The van der Waals surface area contributed by atoms with Crippen LogP contribution in [0, 0.1) is 11.8 Å². The van der Waals surface area contributed by atoms with Crippen molar-refractivity contribution in [3.8, 4) is 0 Å². The zero-order valence-electron chi connectivity index (χ0n) is 10.9. The van der Waals surface area contributed by atoms with E-state index in [-0.39, 0.29) is 17.9 Å². The third-order valence-corrected chi connectivity index (χ3v) is 5.03. The van der Waals surface area contributed by atoms with Gasteiger partial charge in [0, 0.05) is 18.4 Å². The SMILES string of the molecule is COC(=O)[C@@H]1C[C@@H]2CCC(=O)[C@H]3CCCCN1[C@@H]23. The summed E-state index contributed by atoms with van der Waals surface area (Å²) in [6.45, 7) is 0.949. The monoisotopic (exact) mass is 251 g/mol. The van der Waals surface area contributed by atoms with Gasteiger partial charge in [0.2, 0.25) is 0 Å². The largest absolute Gasteiger partial charge is 0.468 e. The second-order valence-corrected chi connectivity index (χ2v) is 5.87. The first kappa shape index (κ1) is 12.2. The van der Waals surface area contributed by atoms with Crippen LogP contribution in [0.3, 0.4) is 0 Å². The zero-order valence-corrected chi connectivity index (χ0v) is 10.9. The van der Waals surface area contributed by atoms with Crippen LogP contribution in [-0.2, 0) is 14.3 Å². The lowest BCUT2D eigenvalue weighted by Gasteiger charge is -2.36. The molecule has 2 heterocycles. The summed E-state index contributed by atoms with van der Waals surface area (Å²) in [5.74, 6) is 1.02. The molecule has 0 radical (unpaired) electrons. The van der Waals surface area contributed by atoms with Crippen LogP contribution in [0.25, 0.3) is 0 Å². The molecule has 4 heteroatoms. The first-order chi connectivity index (χ1) is 8.72. The molecule has 1 saturated carbocycles. The third-order valence-electron chi connectivity index (χ3n) is 5.03. The van der Waals surface area contributed by atoms with Gasteiger partial charge in [-0.1, -0.05) is 6.42 Å². The number of carbonyl (C=O) groups is 2. The van der Waals surface area contributed by atoms with E-state index in [0.29, 0.717) is 24.2 Å². The summed E-state index contributed by atoms with van der Waals surface area (Å²) < 4.78 is 4.93. The maximum Gasteiger partial charge on any atom is 0.323 e. The molecule has 3 aliphatic rings. The molecule has 0 aromatic carbocycles. The molecule has 100 valence electrons. The third kappa shape index (κ3) is 1.78. The highest BCUT2D eigenvalue weighted by Gasteiger charge is 2.52. The van der Waals surface area contributed by atoms with Crippen LogP contribution < -0.4 is 0 Å². The van der Waals surface area contributed by atoms with Crippen LogP contribution in [0.15, 0.2) is 0 Å². The van der Waals surface area contributed by atoms with Crippen LogP contribution in [0.2, 0.25) is 0 Å². The molecule has 18 heavy (non-hydrogen) atoms. The molecule has 0 bridgehead atoms. The minimum Gasteiger partial charge on any atom is -0.468 e. The van der Waals surface area contributed by atoms with Crippen molar-refractivity contribution in [1.29, 1.82) is 0 Å². The Balaban J connectivity index is 1.89. The number of esters is 1. The van der Waals surface area contributed by atoms with E-state index in [1.165, 1.54) is 7.11 Å². The van der Waals surface area contributed by atoms with Gasteiger partial charge in [-0.15, -0.1) is 0 Å². The molecule has 0 aromatic rings. The van der Waals surface area contributed by atoms with Gasteiger partial charge in [-0.25, -0.2) is 0 Å². The summed E-state index contributed by atoms with van der Waals surface area (Å²) >= 11 is 0. The van der Waals surface area contributed by atoms with Gasteiger partial charge in [0.1, 0.15) is 11.8 Å². The van der Waals surface area contributed by atoms with Crippen LogP contribution >= 0.6 is 0 Å². The summed E-state index contributed by atoms with van der Waals surface area (Å²) in [5.41, 5.74) is 0. The fourth-order valence-corrected chi connectivity index (χ4v) is 4.25. The second kappa shape index (κ2) is 4.65. The summed E-state index contributed by atoms with van der Waals surface area (Å²) in [5, 5.41) is 0. The van der Waals surface area contributed by atoms with Crippen molar-refractivity contribution in [3.63, 3.8) is 0 Å². The summed E-state index contributed by atoms with van der Waals surface area (Å²) in [4.78, 5) is 26.3. The second-order valence-electron chi connectivity index (χ2n) is 5.87. The van der Waals surface area contributed by atoms with Crippen molar-refractivity contribution < 1.29 is 14.3 Å². The van der Waals surface area contributed by atoms with Crippen molar-refractivity contribution in [1.82, 2.24) is 4.90 Å². The number of rotatable bonds is 1. The molecule has 3 fully saturated rings. The number of methoxy groups -OCH3 is 1. The fourth-order valence-electron chi connectivity index (χ4n) is 4.25. The molecule has 4 atom stereocenters. The lowest BCUT2D eigenvalue weighted by Crippen LogP contribution is -2.48. The summed E-state index contributed by atoms with van der Waals surface area (Å²) in [6.07, 6.45) is 5.80. The Bertz CT molecular complexity index is 368. The van der Waals surface area contributed by atoms with Crippen LogP contribution in [-0.4, -0.2) is 42.4 Å². The van der Waals surface area contributed by atoms with E-state index in [0.717, 1.165) is 38.6 Å². The Morgan fingerprint density at radius 3 is 2.94 bits per heavy atom. The standard InChI is InChI=1S/C14H21NO3/c1-18-14(17)11-8-9-5-6-12(16)10-4-2-3-7-15(11)13(9)10/h9-11,13H,2-8H2,1H3/t9-,10+,11-,13-/m0/s1. The zero-order chi connectivity index (χ0) is 12.7. The molecule has 4 nitrogen and oxygen atoms in total. The van der Waals surface area contributed by atoms with E-state index < -0.39 is 0 Å². The number of ketones is 1. The Morgan fingerprint density at radius 1 is 1.33 bits per heavy atom. The maximum atomic E-state index is 12.1. The molecule has 0 amide bonds. The van der Waals surface area contributed by atoms with Crippen LogP contribution in [0.1, 0.15) is 38.5 Å². The van der Waals surface area contributed by atoms with Crippen molar-refractivity contribution in [2.24, 2.45) is 11.8 Å². The highest BCUT2D eigenvalue weighted by atomic mass is 16.5. The van der Waals surface area contributed by atoms with Crippen molar-refractivity contribution >= 4 is 11.8 Å². The first-order valence-corrected chi connectivity index (χ1v) is 7.08. The Morgan fingerprint density at radius 2 is 2.17 bits per heavy atom. The molecule has 2 saturated heterocycles. The van der Waals surface area contributed by atoms with Crippen LogP contribution in [0.4, 0.5) is 0 Å². The molecule has 0 N–H and O–H groups in total. The predicted octanol–water partition coefficient (Wildman–Crippen LogP) is 1.38. The van der Waals surface area contributed by atoms with E-state index in [1.54, 1.807) is 0 Å². The molecular formula is C14H21NO3. The first-order valence-electron chi connectivity index (χ1n) is 7.08. The van der Waals surface area contributed by atoms with Gasteiger partial charge in [-0.05, 0) is 38.1 Å². The summed E-state index contributed by atoms with van der Waals surface area (Å²) in [7, 11) is 1.46. The average Bonchev–Trinajstić information content (AvgIpc) is 2.59. The molecule has 0 aromatic heterocycles. The van der Waals surface area contributed by atoms with Crippen molar-refractivity contribution in [3.05, 3.63) is 0 Å². The number of ether oxygens (including phenoxy) is 1. The normalized spacial score (nSPS) is 40.2. The molecular weight excluding hydrogens is 230 g/mol. The number of hydrogen-bond acceptors (Lipinski definition) is 4. The Kier molecular flexibility index (Phi) is 3.14. The highest BCUT2D eigenvalue weighted by Crippen LogP contribution is 2.44. The minimum absolute atomic E-state index is 0.100. The smallest absolute Gasteiger partial charge is 0.323 e. The minimum atomic E-state index is -0.113.